The van der Waals surface area contributed by atoms with Gasteiger partial charge in [0, 0.05) is 26.7 Å². The minimum Gasteiger partial charge on any atom is -0.493 e. The van der Waals surface area contributed by atoms with Crippen LogP contribution in [-0.2, 0) is 27.9 Å². The number of aliphatic hydroxyl groups excluding tert-OH is 1. The largest absolute Gasteiger partial charge is 0.493 e. The Balaban J connectivity index is 1.84. The number of nitrogens with one attached hydrogen (secondary N) is 1. The maximum absolute atomic E-state index is 12.3. The first-order valence-corrected chi connectivity index (χ1v) is 13.4. The molecular weight excluding hydrogens is 450 g/mol. The molecule has 2 aromatic carbocycles. The monoisotopic (exact) mass is 491 g/mol. The topological polar surface area (TPSA) is 77.0 Å². The van der Waals surface area contributed by atoms with Gasteiger partial charge in [0.05, 0.1) is 36.6 Å². The van der Waals surface area contributed by atoms with Crippen molar-refractivity contribution < 1.29 is 23.5 Å². The highest BCUT2D eigenvalue weighted by Gasteiger charge is 2.18. The first-order valence-electron chi connectivity index (χ1n) is 12.1. The van der Waals surface area contributed by atoms with Crippen molar-refractivity contribution in [2.45, 2.75) is 51.4 Å². The molecule has 3 unspecified atom stereocenters. The fourth-order valence-electron chi connectivity index (χ4n) is 3.79. The van der Waals surface area contributed by atoms with E-state index in [0.29, 0.717) is 43.8 Å². The predicted octanol–water partition coefficient (Wildman–Crippen LogP) is 4.52. The third-order valence-corrected chi connectivity index (χ3v) is 6.99. The summed E-state index contributed by atoms with van der Waals surface area (Å²) in [4.78, 5) is 0. The molecule has 0 radical (unpaired) electrons. The van der Waals surface area contributed by atoms with Crippen LogP contribution in [-0.4, -0.2) is 49.4 Å². The summed E-state index contributed by atoms with van der Waals surface area (Å²) >= 11 is 0. The molecule has 190 valence electrons. The van der Waals surface area contributed by atoms with E-state index in [1.54, 1.807) is 14.2 Å². The van der Waals surface area contributed by atoms with Crippen LogP contribution in [0.3, 0.4) is 0 Å². The molecule has 0 saturated carbocycles. The highest BCUT2D eigenvalue weighted by Crippen LogP contribution is 2.31. The molecule has 2 N–H and O–H groups in total. The van der Waals surface area contributed by atoms with E-state index in [-0.39, 0.29) is 0 Å². The van der Waals surface area contributed by atoms with Crippen molar-refractivity contribution in [1.82, 2.24) is 4.72 Å². The van der Waals surface area contributed by atoms with E-state index in [4.69, 9.17) is 14.2 Å². The van der Waals surface area contributed by atoms with Crippen LogP contribution in [0.25, 0.3) is 0 Å². The average Bonchev–Trinajstić information content (AvgIpc) is 2.83. The molecule has 34 heavy (non-hydrogen) atoms. The fourth-order valence-corrected chi connectivity index (χ4v) is 4.77. The van der Waals surface area contributed by atoms with E-state index < -0.39 is 17.1 Å². The van der Waals surface area contributed by atoms with E-state index in [0.717, 1.165) is 36.3 Å². The Morgan fingerprint density at radius 2 is 1.74 bits per heavy atom. The predicted molar refractivity (Wildman–Crippen MR) is 139 cm³/mol. The molecule has 0 amide bonds. The fraction of sp³-hybridized carbons (Fsp3) is 0.556. The Morgan fingerprint density at radius 1 is 0.971 bits per heavy atom. The van der Waals surface area contributed by atoms with E-state index >= 15 is 0 Å². The smallest absolute Gasteiger partial charge is 0.161 e. The minimum absolute atomic E-state index is 0.326. The van der Waals surface area contributed by atoms with Gasteiger partial charge in [0.25, 0.3) is 0 Å². The van der Waals surface area contributed by atoms with Gasteiger partial charge >= 0.3 is 0 Å². The molecular formula is C27H41NO5S. The molecule has 0 fully saturated rings. The van der Waals surface area contributed by atoms with E-state index in [1.165, 1.54) is 5.56 Å². The van der Waals surface area contributed by atoms with Crippen LogP contribution in [0.2, 0.25) is 0 Å². The number of methoxy groups -OCH3 is 2. The van der Waals surface area contributed by atoms with Crippen molar-refractivity contribution in [3.63, 3.8) is 0 Å². The number of hydrogen-bond donors (Lipinski definition) is 2. The molecule has 3 atom stereocenters. The van der Waals surface area contributed by atoms with Gasteiger partial charge in [-0.3, -0.25) is 0 Å². The van der Waals surface area contributed by atoms with E-state index in [1.807, 2.05) is 36.4 Å². The first-order chi connectivity index (χ1) is 16.4. The zero-order chi connectivity index (χ0) is 24.8. The molecule has 0 heterocycles. The van der Waals surface area contributed by atoms with Gasteiger partial charge in [-0.15, -0.1) is 0 Å². The Kier molecular flexibility index (Phi) is 13.2. The van der Waals surface area contributed by atoms with Gasteiger partial charge in [-0.05, 0) is 54.4 Å². The van der Waals surface area contributed by atoms with Crippen molar-refractivity contribution in [1.29, 1.82) is 0 Å². The van der Waals surface area contributed by atoms with Crippen LogP contribution >= 0.6 is 0 Å². The second kappa shape index (κ2) is 15.9. The molecule has 0 aliphatic carbocycles. The SMILES string of the molecule is COCCCOc1cc(CC(CCC(O)CNS(=O)Cc2ccccc2)C(C)C)ccc1OC. The summed E-state index contributed by atoms with van der Waals surface area (Å²) in [7, 11) is 2.13. The van der Waals surface area contributed by atoms with Crippen LogP contribution in [0.5, 0.6) is 11.5 Å². The van der Waals surface area contributed by atoms with E-state index in [9.17, 15) is 9.32 Å². The molecule has 0 aromatic heterocycles. The van der Waals surface area contributed by atoms with Crippen LogP contribution in [0.1, 0.15) is 44.2 Å². The maximum atomic E-state index is 12.3. The van der Waals surface area contributed by atoms with Crippen molar-refractivity contribution in [3.05, 3.63) is 59.7 Å². The molecule has 0 bridgehead atoms. The number of benzene rings is 2. The van der Waals surface area contributed by atoms with Gasteiger partial charge in [-0.25, -0.2) is 8.93 Å². The first kappa shape index (κ1) is 28.3. The lowest BCUT2D eigenvalue weighted by molar-refractivity contribution is 0.152. The summed E-state index contributed by atoms with van der Waals surface area (Å²) in [6, 6.07) is 15.8. The normalized spacial score (nSPS) is 14.1. The van der Waals surface area contributed by atoms with Gasteiger partial charge in [0.15, 0.2) is 11.5 Å². The quantitative estimate of drug-likeness (QED) is 0.318. The number of rotatable bonds is 17. The molecule has 2 rings (SSSR count). The maximum Gasteiger partial charge on any atom is 0.161 e. The molecule has 6 nitrogen and oxygen atoms in total. The summed E-state index contributed by atoms with van der Waals surface area (Å²) in [5.41, 5.74) is 2.21. The molecule has 0 aliphatic heterocycles. The number of ether oxygens (including phenoxy) is 3. The highest BCUT2D eigenvalue weighted by atomic mass is 32.2. The van der Waals surface area contributed by atoms with Gasteiger partial charge in [-0.1, -0.05) is 50.2 Å². The summed E-state index contributed by atoms with van der Waals surface area (Å²) in [6.07, 6.45) is 2.74. The van der Waals surface area contributed by atoms with Crippen molar-refractivity contribution in [3.8, 4) is 11.5 Å². The zero-order valence-electron chi connectivity index (χ0n) is 21.0. The number of aliphatic hydroxyl groups is 1. The summed E-state index contributed by atoms with van der Waals surface area (Å²) in [5.74, 6) is 2.81. The average molecular weight is 492 g/mol. The molecule has 0 aliphatic rings. The Bertz CT molecular complexity index is 846. The second-order valence-electron chi connectivity index (χ2n) is 8.94. The number of hydrogen-bond acceptors (Lipinski definition) is 5. The third kappa shape index (κ3) is 10.6. The van der Waals surface area contributed by atoms with Gasteiger partial charge in [0.1, 0.15) is 0 Å². The van der Waals surface area contributed by atoms with Crippen molar-refractivity contribution >= 4 is 11.0 Å². The third-order valence-electron chi connectivity index (χ3n) is 5.91. The standard InChI is InChI=1S/C27H41NO5S/c1-21(2)24(12-13-25(29)19-28-34(30)20-22-9-6-5-7-10-22)17-23-11-14-26(32-4)27(18-23)33-16-8-15-31-3/h5-7,9-11,14,18,21,24-25,28-29H,8,12-13,15-17,19-20H2,1-4H3. The summed E-state index contributed by atoms with van der Waals surface area (Å²) < 4.78 is 31.7. The Morgan fingerprint density at radius 3 is 2.41 bits per heavy atom. The lowest BCUT2D eigenvalue weighted by Crippen LogP contribution is -2.30. The molecule has 0 spiro atoms. The zero-order valence-corrected chi connectivity index (χ0v) is 21.8. The van der Waals surface area contributed by atoms with Crippen LogP contribution in [0, 0.1) is 11.8 Å². The van der Waals surface area contributed by atoms with Crippen LogP contribution in [0.15, 0.2) is 48.5 Å². The second-order valence-corrected chi connectivity index (χ2v) is 10.2. The molecule has 7 heteroatoms. The summed E-state index contributed by atoms with van der Waals surface area (Å²) in [6.45, 7) is 6.00. The van der Waals surface area contributed by atoms with Crippen molar-refractivity contribution in [2.24, 2.45) is 11.8 Å². The Labute approximate surface area is 207 Å². The van der Waals surface area contributed by atoms with Crippen molar-refractivity contribution in [2.75, 3.05) is 34.0 Å². The van der Waals surface area contributed by atoms with Crippen LogP contribution < -0.4 is 14.2 Å². The lowest BCUT2D eigenvalue weighted by Gasteiger charge is -2.23. The van der Waals surface area contributed by atoms with Gasteiger partial charge in [0.2, 0.25) is 0 Å². The molecule has 2 aromatic rings. The molecule has 0 saturated heterocycles. The minimum atomic E-state index is -1.20. The van der Waals surface area contributed by atoms with Gasteiger partial charge < -0.3 is 19.3 Å². The van der Waals surface area contributed by atoms with E-state index in [2.05, 4.69) is 30.7 Å². The highest BCUT2D eigenvalue weighted by molar-refractivity contribution is 7.82. The Hall–Kier alpha value is -1.93. The summed E-state index contributed by atoms with van der Waals surface area (Å²) in [5, 5.41) is 10.5. The van der Waals surface area contributed by atoms with Crippen LogP contribution in [0.4, 0.5) is 0 Å². The van der Waals surface area contributed by atoms with Gasteiger partial charge in [-0.2, -0.15) is 0 Å². The lowest BCUT2D eigenvalue weighted by atomic mass is 9.85.